The normalized spacial score (nSPS) is 12.4. The van der Waals surface area contributed by atoms with Gasteiger partial charge < -0.3 is 14.9 Å². The third kappa shape index (κ3) is 7.66. The van der Waals surface area contributed by atoms with Crippen molar-refractivity contribution >= 4 is 27.8 Å². The number of hydrogen-bond donors (Lipinski definition) is 3. The van der Waals surface area contributed by atoms with E-state index in [9.17, 15) is 22.7 Å². The van der Waals surface area contributed by atoms with Gasteiger partial charge in [0.2, 0.25) is 0 Å². The lowest BCUT2D eigenvalue weighted by Gasteiger charge is -2.12. The number of nitrogens with one attached hydrogen (secondary N) is 1. The number of anilines is 1. The van der Waals surface area contributed by atoms with E-state index in [2.05, 4.69) is 4.72 Å². The Labute approximate surface area is 203 Å². The molecule has 1 atom stereocenters. The summed E-state index contributed by atoms with van der Waals surface area (Å²) < 4.78 is 47.8. The first-order valence-corrected chi connectivity index (χ1v) is 12.4. The molecule has 3 aromatic carbocycles. The highest BCUT2D eigenvalue weighted by atomic mass is 32.2. The highest BCUT2D eigenvalue weighted by molar-refractivity contribution is 7.92. The topological polar surface area (TPSA) is 113 Å². The van der Waals surface area contributed by atoms with Crippen molar-refractivity contribution in [3.05, 3.63) is 95.8 Å². The van der Waals surface area contributed by atoms with Crippen LogP contribution in [0.2, 0.25) is 0 Å². The first kappa shape index (κ1) is 25.9. The van der Waals surface area contributed by atoms with Gasteiger partial charge in [-0.1, -0.05) is 60.7 Å². The molecule has 3 rings (SSSR count). The van der Waals surface area contributed by atoms with Crippen molar-refractivity contribution in [3.8, 4) is 5.75 Å². The summed E-state index contributed by atoms with van der Waals surface area (Å²) in [5.41, 5.74) is 0.667. The number of carbonyl (C=O) groups is 1. The summed E-state index contributed by atoms with van der Waals surface area (Å²) in [5.74, 6) is -1.11. The Balaban J connectivity index is 1.59. The Morgan fingerprint density at radius 1 is 1.03 bits per heavy atom. The summed E-state index contributed by atoms with van der Waals surface area (Å²) in [4.78, 5) is 10.8. The number of aryl methyl sites for hydroxylation is 1. The van der Waals surface area contributed by atoms with Crippen LogP contribution in [0.15, 0.2) is 83.8 Å². The monoisotopic (exact) mass is 499 g/mol. The second-order valence-corrected chi connectivity index (χ2v) is 9.37. The van der Waals surface area contributed by atoms with E-state index in [-0.39, 0.29) is 35.6 Å². The van der Waals surface area contributed by atoms with Crippen molar-refractivity contribution in [3.63, 3.8) is 0 Å². The zero-order valence-electron chi connectivity index (χ0n) is 18.8. The molecule has 7 nitrogen and oxygen atoms in total. The molecule has 0 aliphatic rings. The fourth-order valence-electron chi connectivity index (χ4n) is 3.25. The molecule has 0 heterocycles. The van der Waals surface area contributed by atoms with Gasteiger partial charge in [-0.05, 0) is 36.2 Å². The lowest BCUT2D eigenvalue weighted by atomic mass is 10.1. The van der Waals surface area contributed by atoms with Gasteiger partial charge in [-0.25, -0.2) is 12.8 Å². The van der Waals surface area contributed by atoms with Crippen LogP contribution in [0.4, 0.5) is 10.1 Å². The number of carboxylic acids is 1. The zero-order valence-corrected chi connectivity index (χ0v) is 19.6. The summed E-state index contributed by atoms with van der Waals surface area (Å²) in [6.45, 7) is 0.162. The standard InChI is InChI=1S/C26H26FNO6S/c27-26-20(8-6-11-23(26)28-35(32,33)22-9-2-1-3-10-22)13-15-21(29)17-18-34-24-12-5-4-7-19(24)14-16-25(30)31/h1-13,15,21,28-29H,14,16-18H2,(H,30,31)/b15-13+/t21-/m0/s1. The number of aliphatic hydroxyl groups is 1. The number of ether oxygens (including phenoxy) is 1. The molecule has 0 amide bonds. The molecule has 9 heteroatoms. The molecule has 184 valence electrons. The van der Waals surface area contributed by atoms with Crippen LogP contribution >= 0.6 is 0 Å². The van der Waals surface area contributed by atoms with Crippen LogP contribution < -0.4 is 9.46 Å². The Morgan fingerprint density at radius 3 is 2.49 bits per heavy atom. The fraction of sp³-hybridized carbons (Fsp3) is 0.192. The van der Waals surface area contributed by atoms with Crippen molar-refractivity contribution in [2.24, 2.45) is 0 Å². The van der Waals surface area contributed by atoms with Crippen molar-refractivity contribution in [2.75, 3.05) is 11.3 Å². The van der Waals surface area contributed by atoms with Crippen molar-refractivity contribution in [1.29, 1.82) is 0 Å². The van der Waals surface area contributed by atoms with Crippen LogP contribution in [-0.4, -0.2) is 37.3 Å². The minimum atomic E-state index is -3.95. The molecule has 0 fully saturated rings. The van der Waals surface area contributed by atoms with Crippen LogP contribution in [0.1, 0.15) is 24.0 Å². The molecule has 35 heavy (non-hydrogen) atoms. The number of rotatable bonds is 12. The van der Waals surface area contributed by atoms with Crippen LogP contribution in [-0.2, 0) is 21.2 Å². The summed E-state index contributed by atoms with van der Waals surface area (Å²) in [7, 11) is -3.95. The number of sulfonamides is 1. The Morgan fingerprint density at radius 2 is 1.74 bits per heavy atom. The largest absolute Gasteiger partial charge is 0.493 e. The maximum absolute atomic E-state index is 14.9. The van der Waals surface area contributed by atoms with Gasteiger partial charge >= 0.3 is 5.97 Å². The zero-order chi connectivity index (χ0) is 25.3. The second-order valence-electron chi connectivity index (χ2n) is 7.69. The minimum absolute atomic E-state index is 0.0142. The Bertz CT molecular complexity index is 1280. The van der Waals surface area contributed by atoms with Gasteiger partial charge in [-0.3, -0.25) is 9.52 Å². The van der Waals surface area contributed by atoms with E-state index in [0.29, 0.717) is 12.2 Å². The van der Waals surface area contributed by atoms with Gasteiger partial charge in [0.1, 0.15) is 5.75 Å². The molecule has 3 N–H and O–H groups in total. The van der Waals surface area contributed by atoms with E-state index in [1.54, 1.807) is 42.5 Å². The number of para-hydroxylation sites is 1. The van der Waals surface area contributed by atoms with E-state index in [4.69, 9.17) is 9.84 Å². The predicted molar refractivity (Wildman–Crippen MR) is 131 cm³/mol. The summed E-state index contributed by atoms with van der Waals surface area (Å²) in [6, 6.07) is 19.0. The number of aliphatic carboxylic acids is 1. The van der Waals surface area contributed by atoms with Crippen LogP contribution in [0.25, 0.3) is 6.08 Å². The Hall–Kier alpha value is -3.69. The first-order chi connectivity index (χ1) is 16.8. The van der Waals surface area contributed by atoms with E-state index in [1.807, 2.05) is 0 Å². The molecule has 0 spiro atoms. The van der Waals surface area contributed by atoms with Crippen LogP contribution in [0, 0.1) is 5.82 Å². The van der Waals surface area contributed by atoms with E-state index in [1.165, 1.54) is 42.5 Å². The fourth-order valence-corrected chi connectivity index (χ4v) is 4.33. The summed E-state index contributed by atoms with van der Waals surface area (Å²) >= 11 is 0. The molecule has 0 bridgehead atoms. The molecule has 0 aliphatic carbocycles. The van der Waals surface area contributed by atoms with Gasteiger partial charge in [0, 0.05) is 18.4 Å². The second kappa shape index (κ2) is 12.1. The molecule has 0 radical (unpaired) electrons. The highest BCUT2D eigenvalue weighted by Gasteiger charge is 2.17. The molecule has 0 saturated heterocycles. The summed E-state index contributed by atoms with van der Waals surface area (Å²) in [5, 5.41) is 19.1. The minimum Gasteiger partial charge on any atom is -0.493 e. The Kier molecular flexibility index (Phi) is 8.99. The van der Waals surface area contributed by atoms with Gasteiger partial charge in [0.25, 0.3) is 10.0 Å². The van der Waals surface area contributed by atoms with Gasteiger partial charge in [-0.2, -0.15) is 0 Å². The average molecular weight is 500 g/mol. The molecule has 0 saturated carbocycles. The van der Waals surface area contributed by atoms with Crippen LogP contribution in [0.3, 0.4) is 0 Å². The van der Waals surface area contributed by atoms with Crippen molar-refractivity contribution in [1.82, 2.24) is 0 Å². The molecular weight excluding hydrogens is 473 g/mol. The number of aliphatic hydroxyl groups excluding tert-OH is 1. The van der Waals surface area contributed by atoms with Gasteiger partial charge in [-0.15, -0.1) is 0 Å². The average Bonchev–Trinajstić information content (AvgIpc) is 2.84. The maximum Gasteiger partial charge on any atom is 0.303 e. The van der Waals surface area contributed by atoms with E-state index in [0.717, 1.165) is 5.56 Å². The van der Waals surface area contributed by atoms with Crippen molar-refractivity contribution < 1.29 is 32.6 Å². The quantitative estimate of drug-likeness (QED) is 0.339. The predicted octanol–water partition coefficient (Wildman–Crippen LogP) is 4.49. The van der Waals surface area contributed by atoms with Gasteiger partial charge in [0.15, 0.2) is 5.82 Å². The van der Waals surface area contributed by atoms with Gasteiger partial charge in [0.05, 0.1) is 23.3 Å². The molecule has 0 unspecified atom stereocenters. The SMILES string of the molecule is O=C(O)CCc1ccccc1OCC[C@@H](O)/C=C/c1cccc(NS(=O)(=O)c2ccccc2)c1F. The number of halogens is 1. The van der Waals surface area contributed by atoms with E-state index >= 15 is 0 Å². The molecular formula is C26H26FNO6S. The summed E-state index contributed by atoms with van der Waals surface area (Å²) in [6.07, 6.45) is 2.36. The third-order valence-electron chi connectivity index (χ3n) is 5.08. The number of hydrogen-bond acceptors (Lipinski definition) is 5. The smallest absolute Gasteiger partial charge is 0.303 e. The third-order valence-corrected chi connectivity index (χ3v) is 6.46. The van der Waals surface area contributed by atoms with E-state index < -0.39 is 27.9 Å². The van der Waals surface area contributed by atoms with Crippen molar-refractivity contribution in [2.45, 2.75) is 30.3 Å². The molecule has 0 aliphatic heterocycles. The first-order valence-electron chi connectivity index (χ1n) is 10.9. The maximum atomic E-state index is 14.9. The molecule has 0 aromatic heterocycles. The molecule has 3 aromatic rings. The lowest BCUT2D eigenvalue weighted by Crippen LogP contribution is -2.14. The van der Waals surface area contributed by atoms with Crippen LogP contribution in [0.5, 0.6) is 5.75 Å². The number of benzene rings is 3. The highest BCUT2D eigenvalue weighted by Crippen LogP contribution is 2.23. The number of carboxylic acid groups (broad SMARTS) is 1. The lowest BCUT2D eigenvalue weighted by molar-refractivity contribution is -0.136.